The van der Waals surface area contributed by atoms with Gasteiger partial charge in [-0.3, -0.25) is 0 Å². The highest BCUT2D eigenvalue weighted by molar-refractivity contribution is 5.74. The third-order valence-corrected chi connectivity index (χ3v) is 4.16. The second kappa shape index (κ2) is 7.77. The van der Waals surface area contributed by atoms with Crippen LogP contribution in [0.3, 0.4) is 0 Å². The Balaban J connectivity index is 1.53. The summed E-state index contributed by atoms with van der Waals surface area (Å²) in [5.41, 5.74) is 2.05. The minimum atomic E-state index is -0.0267. The van der Waals surface area contributed by atoms with Gasteiger partial charge in [0.15, 0.2) is 0 Å². The van der Waals surface area contributed by atoms with Gasteiger partial charge in [-0.15, -0.1) is 0 Å². The molecule has 126 valence electrons. The molecule has 1 aliphatic rings. The van der Waals surface area contributed by atoms with E-state index in [1.54, 1.807) is 6.20 Å². The van der Waals surface area contributed by atoms with E-state index in [4.69, 9.17) is 0 Å². The second-order valence-electron chi connectivity index (χ2n) is 5.92. The highest BCUT2D eigenvalue weighted by Gasteiger charge is 2.19. The summed E-state index contributed by atoms with van der Waals surface area (Å²) in [4.78, 5) is 25.0. The summed E-state index contributed by atoms with van der Waals surface area (Å²) in [5, 5.41) is 2.96. The summed E-state index contributed by atoms with van der Waals surface area (Å²) in [6.45, 7) is 5.60. The molecule has 1 saturated heterocycles. The van der Waals surface area contributed by atoms with E-state index in [0.29, 0.717) is 6.54 Å². The number of hydrogen-bond donors (Lipinski definition) is 1. The number of carbonyl (C=O) groups is 1. The zero-order chi connectivity index (χ0) is 16.8. The van der Waals surface area contributed by atoms with Gasteiger partial charge in [0.2, 0.25) is 0 Å². The average Bonchev–Trinajstić information content (AvgIpc) is 2.87. The maximum atomic E-state index is 12.4. The van der Waals surface area contributed by atoms with E-state index >= 15 is 0 Å². The fraction of sp³-hybridized carbons (Fsp3) is 0.389. The number of hydrogen-bond acceptors (Lipinski definition) is 4. The van der Waals surface area contributed by atoms with E-state index < -0.39 is 0 Å². The summed E-state index contributed by atoms with van der Waals surface area (Å²) in [6.07, 6.45) is 2.68. The summed E-state index contributed by atoms with van der Waals surface area (Å²) < 4.78 is 0. The van der Waals surface area contributed by atoms with Crippen molar-refractivity contribution in [1.29, 1.82) is 0 Å². The molecule has 0 spiro atoms. The smallest absolute Gasteiger partial charge is 0.317 e. The predicted molar refractivity (Wildman–Crippen MR) is 93.8 cm³/mol. The fourth-order valence-electron chi connectivity index (χ4n) is 2.90. The second-order valence-corrected chi connectivity index (χ2v) is 5.92. The number of benzene rings is 1. The number of urea groups is 1. The number of aryl methyl sites for hydroxylation is 1. The first kappa shape index (κ1) is 16.2. The van der Waals surface area contributed by atoms with Gasteiger partial charge in [-0.05, 0) is 31.5 Å². The third-order valence-electron chi connectivity index (χ3n) is 4.16. The van der Waals surface area contributed by atoms with Crippen molar-refractivity contribution in [1.82, 2.24) is 20.2 Å². The van der Waals surface area contributed by atoms with E-state index in [1.165, 1.54) is 5.69 Å². The van der Waals surface area contributed by atoms with Crippen molar-refractivity contribution in [2.24, 2.45) is 0 Å². The fourth-order valence-corrected chi connectivity index (χ4v) is 2.90. The Bertz CT molecular complexity index is 676. The van der Waals surface area contributed by atoms with Crippen LogP contribution in [0, 0.1) is 6.92 Å². The van der Waals surface area contributed by atoms with Crippen molar-refractivity contribution in [3.05, 3.63) is 54.1 Å². The minimum absolute atomic E-state index is 0.0267. The number of carbonyl (C=O) groups excluding carboxylic acids is 1. The van der Waals surface area contributed by atoms with E-state index in [1.807, 2.05) is 24.0 Å². The van der Waals surface area contributed by atoms with Gasteiger partial charge in [0.1, 0.15) is 5.82 Å². The number of rotatable bonds is 3. The molecule has 1 aromatic carbocycles. The molecule has 2 heterocycles. The average molecular weight is 325 g/mol. The lowest BCUT2D eigenvalue weighted by atomic mass is 10.3. The maximum absolute atomic E-state index is 12.4. The van der Waals surface area contributed by atoms with E-state index in [9.17, 15) is 4.79 Å². The van der Waals surface area contributed by atoms with Crippen LogP contribution in [-0.4, -0.2) is 47.1 Å². The number of nitrogens with zero attached hydrogens (tertiary/aromatic N) is 4. The normalized spacial score (nSPS) is 15.0. The Morgan fingerprint density at radius 1 is 1.12 bits per heavy atom. The molecular weight excluding hydrogens is 302 g/mol. The van der Waals surface area contributed by atoms with Gasteiger partial charge in [-0.1, -0.05) is 18.2 Å². The van der Waals surface area contributed by atoms with Crippen molar-refractivity contribution in [2.45, 2.75) is 19.9 Å². The molecule has 6 heteroatoms. The molecule has 0 radical (unpaired) electrons. The number of anilines is 1. The van der Waals surface area contributed by atoms with Gasteiger partial charge >= 0.3 is 6.03 Å². The van der Waals surface area contributed by atoms with E-state index in [0.717, 1.165) is 44.1 Å². The van der Waals surface area contributed by atoms with Crippen molar-refractivity contribution in [3.8, 4) is 0 Å². The molecule has 1 aliphatic heterocycles. The molecule has 0 atom stereocenters. The standard InChI is InChI=1S/C18H23N5O/c1-15-19-9-8-16(21-15)14-20-18(24)23-11-5-10-22(12-13-23)17-6-3-2-4-7-17/h2-4,6-9H,5,10-14H2,1H3,(H,20,24). The summed E-state index contributed by atoms with van der Waals surface area (Å²) in [6, 6.07) is 12.2. The van der Waals surface area contributed by atoms with Crippen LogP contribution in [0.2, 0.25) is 0 Å². The monoisotopic (exact) mass is 325 g/mol. The molecule has 3 rings (SSSR count). The topological polar surface area (TPSA) is 61.4 Å². The van der Waals surface area contributed by atoms with Crippen LogP contribution in [0.5, 0.6) is 0 Å². The van der Waals surface area contributed by atoms with Crippen LogP contribution in [0.25, 0.3) is 0 Å². The zero-order valence-electron chi connectivity index (χ0n) is 14.0. The van der Waals surface area contributed by atoms with Crippen molar-refractivity contribution < 1.29 is 4.79 Å². The summed E-state index contributed by atoms with van der Waals surface area (Å²) >= 11 is 0. The van der Waals surface area contributed by atoms with Crippen LogP contribution < -0.4 is 10.2 Å². The first-order chi connectivity index (χ1) is 11.7. The summed E-state index contributed by atoms with van der Waals surface area (Å²) in [7, 11) is 0. The first-order valence-electron chi connectivity index (χ1n) is 8.34. The van der Waals surface area contributed by atoms with Gasteiger partial charge in [0.05, 0.1) is 12.2 Å². The predicted octanol–water partition coefficient (Wildman–Crippen LogP) is 2.21. The van der Waals surface area contributed by atoms with Crippen molar-refractivity contribution in [2.75, 3.05) is 31.1 Å². The van der Waals surface area contributed by atoms with Crippen LogP contribution >= 0.6 is 0 Å². The molecule has 2 aromatic rings. The minimum Gasteiger partial charge on any atom is -0.370 e. The zero-order valence-corrected chi connectivity index (χ0v) is 14.0. The Morgan fingerprint density at radius 3 is 2.75 bits per heavy atom. The number of para-hydroxylation sites is 1. The van der Waals surface area contributed by atoms with Crippen molar-refractivity contribution >= 4 is 11.7 Å². The molecule has 0 unspecified atom stereocenters. The quantitative estimate of drug-likeness (QED) is 0.940. The van der Waals surface area contributed by atoms with Crippen LogP contribution in [-0.2, 0) is 6.54 Å². The molecule has 1 N–H and O–H groups in total. The Labute approximate surface area is 142 Å². The Hall–Kier alpha value is -2.63. The number of aromatic nitrogens is 2. The molecule has 6 nitrogen and oxygen atoms in total. The van der Waals surface area contributed by atoms with E-state index in [2.05, 4.69) is 44.5 Å². The van der Waals surface area contributed by atoms with Crippen LogP contribution in [0.15, 0.2) is 42.6 Å². The van der Waals surface area contributed by atoms with Gasteiger partial charge < -0.3 is 15.1 Å². The molecule has 1 aromatic heterocycles. The SMILES string of the molecule is Cc1nccc(CNC(=O)N2CCCN(c3ccccc3)CC2)n1. The van der Waals surface area contributed by atoms with Gasteiger partial charge in [0, 0.05) is 38.1 Å². The number of nitrogens with one attached hydrogen (secondary N) is 1. The largest absolute Gasteiger partial charge is 0.370 e. The molecule has 0 bridgehead atoms. The van der Waals surface area contributed by atoms with Crippen LogP contribution in [0.4, 0.5) is 10.5 Å². The van der Waals surface area contributed by atoms with Gasteiger partial charge in [-0.2, -0.15) is 0 Å². The Morgan fingerprint density at radius 2 is 1.96 bits per heavy atom. The first-order valence-corrected chi connectivity index (χ1v) is 8.34. The van der Waals surface area contributed by atoms with Crippen LogP contribution in [0.1, 0.15) is 17.9 Å². The van der Waals surface area contributed by atoms with Gasteiger partial charge in [-0.25, -0.2) is 14.8 Å². The lowest BCUT2D eigenvalue weighted by Gasteiger charge is -2.23. The van der Waals surface area contributed by atoms with Crippen molar-refractivity contribution in [3.63, 3.8) is 0 Å². The number of amides is 2. The maximum Gasteiger partial charge on any atom is 0.317 e. The lowest BCUT2D eigenvalue weighted by Crippen LogP contribution is -2.41. The molecule has 0 aliphatic carbocycles. The Kier molecular flexibility index (Phi) is 5.25. The molecule has 0 saturated carbocycles. The molecule has 2 amide bonds. The lowest BCUT2D eigenvalue weighted by molar-refractivity contribution is 0.201. The molecular formula is C18H23N5O. The highest BCUT2D eigenvalue weighted by atomic mass is 16.2. The molecule has 24 heavy (non-hydrogen) atoms. The van der Waals surface area contributed by atoms with Gasteiger partial charge in [0.25, 0.3) is 0 Å². The van der Waals surface area contributed by atoms with E-state index in [-0.39, 0.29) is 6.03 Å². The molecule has 1 fully saturated rings. The third kappa shape index (κ3) is 4.22. The highest BCUT2D eigenvalue weighted by Crippen LogP contribution is 2.15. The summed E-state index contributed by atoms with van der Waals surface area (Å²) in [5.74, 6) is 0.718.